The van der Waals surface area contributed by atoms with Gasteiger partial charge in [0.2, 0.25) is 0 Å². The molecule has 104 valence electrons. The summed E-state index contributed by atoms with van der Waals surface area (Å²) < 4.78 is 13.2. The first kappa shape index (κ1) is 15.2. The Bertz CT molecular complexity index is 379. The highest BCUT2D eigenvalue weighted by Crippen LogP contribution is 2.08. The van der Waals surface area contributed by atoms with Gasteiger partial charge in [0.1, 0.15) is 0 Å². The third-order valence-corrected chi connectivity index (χ3v) is 3.91. The van der Waals surface area contributed by atoms with Crippen LogP contribution in [0.15, 0.2) is 0 Å². The van der Waals surface area contributed by atoms with Crippen LogP contribution in [-0.2, 0) is 17.3 Å². The molecule has 0 saturated heterocycles. The van der Waals surface area contributed by atoms with Crippen molar-refractivity contribution in [1.82, 2.24) is 25.5 Å². The van der Waals surface area contributed by atoms with Crippen LogP contribution in [0.3, 0.4) is 0 Å². The zero-order valence-electron chi connectivity index (χ0n) is 11.6. The predicted octanol–water partition coefficient (Wildman–Crippen LogP) is 0.748. The number of nitrogens with one attached hydrogen (secondary N) is 1. The van der Waals surface area contributed by atoms with Crippen molar-refractivity contribution in [2.24, 2.45) is 5.92 Å². The van der Waals surface area contributed by atoms with Crippen molar-refractivity contribution >= 4 is 10.8 Å². The fraction of sp³-hybridized carbons (Fsp3) is 0.909. The lowest BCUT2D eigenvalue weighted by molar-refractivity contribution is 0.458. The molecule has 0 amide bonds. The molecule has 0 aliphatic rings. The molecule has 1 aromatic heterocycles. The van der Waals surface area contributed by atoms with Crippen LogP contribution in [-0.4, -0.2) is 42.5 Å². The zero-order chi connectivity index (χ0) is 13.5. The molecule has 0 aliphatic heterocycles. The van der Waals surface area contributed by atoms with E-state index in [9.17, 15) is 4.21 Å². The highest BCUT2D eigenvalue weighted by molar-refractivity contribution is 7.84. The summed E-state index contributed by atoms with van der Waals surface area (Å²) in [5.74, 6) is 2.68. The highest BCUT2D eigenvalue weighted by Gasteiger charge is 2.14. The fourth-order valence-electron chi connectivity index (χ4n) is 1.52. The Morgan fingerprint density at radius 2 is 2.11 bits per heavy atom. The van der Waals surface area contributed by atoms with E-state index in [1.54, 1.807) is 4.68 Å². The largest absolute Gasteiger partial charge is 0.307 e. The summed E-state index contributed by atoms with van der Waals surface area (Å²) in [6, 6.07) is 0.109. The molecule has 0 fully saturated rings. The van der Waals surface area contributed by atoms with E-state index in [-0.39, 0.29) is 6.04 Å². The van der Waals surface area contributed by atoms with E-state index in [4.69, 9.17) is 0 Å². The maximum Gasteiger partial charge on any atom is 0.167 e. The maximum absolute atomic E-state index is 11.4. The van der Waals surface area contributed by atoms with Crippen molar-refractivity contribution in [3.05, 3.63) is 5.82 Å². The van der Waals surface area contributed by atoms with E-state index < -0.39 is 10.8 Å². The predicted molar refractivity (Wildman–Crippen MR) is 72.6 cm³/mol. The van der Waals surface area contributed by atoms with Gasteiger partial charge in [-0.2, -0.15) is 0 Å². The second kappa shape index (κ2) is 7.58. The van der Waals surface area contributed by atoms with Gasteiger partial charge in [-0.25, -0.2) is 4.68 Å². The molecule has 1 heterocycles. The normalized spacial score (nSPS) is 14.9. The molecule has 2 unspecified atom stereocenters. The number of tetrazole rings is 1. The second-order valence-electron chi connectivity index (χ2n) is 4.72. The molecule has 6 nitrogen and oxygen atoms in total. The van der Waals surface area contributed by atoms with Gasteiger partial charge in [-0.15, -0.1) is 5.10 Å². The van der Waals surface area contributed by atoms with Gasteiger partial charge in [0.25, 0.3) is 0 Å². The molecule has 0 spiro atoms. The molecular formula is C11H23N5OS. The summed E-state index contributed by atoms with van der Waals surface area (Å²) in [6.45, 7) is 9.82. The van der Waals surface area contributed by atoms with Crippen molar-refractivity contribution < 1.29 is 4.21 Å². The number of aryl methyl sites for hydroxylation is 1. The topological polar surface area (TPSA) is 72.7 Å². The summed E-state index contributed by atoms with van der Waals surface area (Å²) >= 11 is 0. The van der Waals surface area contributed by atoms with Gasteiger partial charge in [-0.05, 0) is 29.8 Å². The fourth-order valence-corrected chi connectivity index (χ4v) is 2.18. The molecule has 1 rings (SSSR count). The van der Waals surface area contributed by atoms with Crippen LogP contribution in [0.25, 0.3) is 0 Å². The summed E-state index contributed by atoms with van der Waals surface area (Å²) in [5.41, 5.74) is 0. The standard InChI is InChI=1S/C11H23N5OS/c1-5-18(17)7-6-16-11(13-14-15-16)10(4)12-8-9(2)3/h9-10,12H,5-8H2,1-4H3. The van der Waals surface area contributed by atoms with Gasteiger partial charge >= 0.3 is 0 Å². The number of nitrogens with zero attached hydrogens (tertiary/aromatic N) is 4. The molecule has 0 aromatic carbocycles. The van der Waals surface area contributed by atoms with E-state index in [0.29, 0.717) is 24.0 Å². The quantitative estimate of drug-likeness (QED) is 0.756. The van der Waals surface area contributed by atoms with Crippen LogP contribution in [0, 0.1) is 5.92 Å². The van der Waals surface area contributed by atoms with E-state index in [2.05, 4.69) is 34.7 Å². The summed E-state index contributed by atoms with van der Waals surface area (Å²) in [7, 11) is -0.781. The van der Waals surface area contributed by atoms with E-state index in [1.165, 1.54) is 0 Å². The van der Waals surface area contributed by atoms with E-state index in [0.717, 1.165) is 12.4 Å². The zero-order valence-corrected chi connectivity index (χ0v) is 12.4. The first-order valence-corrected chi connectivity index (χ1v) is 7.87. The average molecular weight is 273 g/mol. The monoisotopic (exact) mass is 273 g/mol. The van der Waals surface area contributed by atoms with Gasteiger partial charge < -0.3 is 5.32 Å². The lowest BCUT2D eigenvalue weighted by atomic mass is 10.2. The molecule has 0 radical (unpaired) electrons. The Kier molecular flexibility index (Phi) is 6.42. The Balaban J connectivity index is 2.55. The first-order valence-electron chi connectivity index (χ1n) is 6.39. The van der Waals surface area contributed by atoms with Crippen molar-refractivity contribution in [3.8, 4) is 0 Å². The molecule has 0 saturated carbocycles. The van der Waals surface area contributed by atoms with Crippen LogP contribution in [0.4, 0.5) is 0 Å². The number of rotatable bonds is 8. The Morgan fingerprint density at radius 3 is 2.72 bits per heavy atom. The van der Waals surface area contributed by atoms with Crippen LogP contribution in [0.1, 0.15) is 39.6 Å². The maximum atomic E-state index is 11.4. The SMILES string of the molecule is CCS(=O)CCn1nnnc1C(C)NCC(C)C. The van der Waals surface area contributed by atoms with Crippen molar-refractivity contribution in [2.75, 3.05) is 18.1 Å². The van der Waals surface area contributed by atoms with Crippen molar-refractivity contribution in [3.63, 3.8) is 0 Å². The molecular weight excluding hydrogens is 250 g/mol. The van der Waals surface area contributed by atoms with Gasteiger partial charge in [0.15, 0.2) is 5.82 Å². The van der Waals surface area contributed by atoms with E-state index >= 15 is 0 Å². The van der Waals surface area contributed by atoms with E-state index in [1.807, 2.05) is 13.8 Å². The van der Waals surface area contributed by atoms with Gasteiger partial charge in [0.05, 0.1) is 12.6 Å². The number of hydrogen-bond donors (Lipinski definition) is 1. The second-order valence-corrected chi connectivity index (χ2v) is 6.58. The Hall–Kier alpha value is -0.820. The number of aromatic nitrogens is 4. The third-order valence-electron chi connectivity index (χ3n) is 2.63. The minimum atomic E-state index is -0.781. The lowest BCUT2D eigenvalue weighted by Gasteiger charge is -2.14. The van der Waals surface area contributed by atoms with Crippen LogP contribution < -0.4 is 5.32 Å². The third kappa shape index (κ3) is 4.81. The highest BCUT2D eigenvalue weighted by atomic mass is 32.2. The molecule has 0 bridgehead atoms. The van der Waals surface area contributed by atoms with Crippen LogP contribution in [0.5, 0.6) is 0 Å². The van der Waals surface area contributed by atoms with Crippen molar-refractivity contribution in [2.45, 2.75) is 40.3 Å². The van der Waals surface area contributed by atoms with Gasteiger partial charge in [-0.3, -0.25) is 4.21 Å². The van der Waals surface area contributed by atoms with Gasteiger partial charge in [0, 0.05) is 22.3 Å². The first-order chi connectivity index (χ1) is 8.54. The average Bonchev–Trinajstić information content (AvgIpc) is 2.81. The Labute approximate surface area is 111 Å². The molecule has 0 aliphatic carbocycles. The summed E-state index contributed by atoms with van der Waals surface area (Å²) in [6.07, 6.45) is 0. The smallest absolute Gasteiger partial charge is 0.167 e. The molecule has 1 N–H and O–H groups in total. The minimum Gasteiger partial charge on any atom is -0.307 e. The summed E-state index contributed by atoms with van der Waals surface area (Å²) in [4.78, 5) is 0. The lowest BCUT2D eigenvalue weighted by Crippen LogP contribution is -2.26. The Morgan fingerprint density at radius 1 is 1.39 bits per heavy atom. The summed E-state index contributed by atoms with van der Waals surface area (Å²) in [5, 5.41) is 15.1. The minimum absolute atomic E-state index is 0.109. The molecule has 18 heavy (non-hydrogen) atoms. The van der Waals surface area contributed by atoms with Crippen LogP contribution in [0.2, 0.25) is 0 Å². The van der Waals surface area contributed by atoms with Gasteiger partial charge in [-0.1, -0.05) is 20.8 Å². The molecule has 7 heteroatoms. The number of hydrogen-bond acceptors (Lipinski definition) is 5. The molecule has 2 atom stereocenters. The van der Waals surface area contributed by atoms with Crippen LogP contribution >= 0.6 is 0 Å². The van der Waals surface area contributed by atoms with Crippen molar-refractivity contribution in [1.29, 1.82) is 0 Å². The molecule has 1 aromatic rings.